The fourth-order valence-electron chi connectivity index (χ4n) is 1.58. The average molecular weight is 154 g/mol. The van der Waals surface area contributed by atoms with Crippen molar-refractivity contribution in [2.45, 2.75) is 24.7 Å². The molecular weight excluding hydrogens is 144 g/mol. The molecule has 3 unspecified atom stereocenters. The van der Waals surface area contributed by atoms with Crippen LogP contribution in [0, 0.1) is 0 Å². The topological polar surface area (TPSA) is 35.5 Å². The highest BCUT2D eigenvalue weighted by Crippen LogP contribution is 2.25. The lowest BCUT2D eigenvalue weighted by molar-refractivity contribution is -0.148. The largest absolute Gasteiger partial charge is 0.371 e. The highest BCUT2D eigenvalue weighted by atomic mass is 16.5. The van der Waals surface area contributed by atoms with Crippen molar-refractivity contribution in [1.29, 1.82) is 0 Å². The Morgan fingerprint density at radius 3 is 3.18 bits per heavy atom. The number of rotatable bonds is 1. The number of ketones is 1. The van der Waals surface area contributed by atoms with E-state index in [0.717, 1.165) is 0 Å². The van der Waals surface area contributed by atoms with Gasteiger partial charge in [0.15, 0.2) is 5.78 Å². The molecule has 11 heavy (non-hydrogen) atoms. The number of carbonyl (C=O) groups excluding carboxylic acids is 1. The van der Waals surface area contributed by atoms with E-state index in [9.17, 15) is 4.79 Å². The number of hydrogen-bond donors (Lipinski definition) is 0. The van der Waals surface area contributed by atoms with E-state index < -0.39 is 0 Å². The third kappa shape index (κ3) is 1.01. The molecule has 2 bridgehead atoms. The van der Waals surface area contributed by atoms with E-state index in [-0.39, 0.29) is 24.1 Å². The van der Waals surface area contributed by atoms with Crippen LogP contribution in [0.4, 0.5) is 0 Å². The van der Waals surface area contributed by atoms with Crippen molar-refractivity contribution < 1.29 is 14.3 Å². The van der Waals surface area contributed by atoms with Gasteiger partial charge in [-0.15, -0.1) is 0 Å². The monoisotopic (exact) mass is 154 g/mol. The first-order valence-corrected chi connectivity index (χ1v) is 3.70. The van der Waals surface area contributed by atoms with Crippen LogP contribution in [-0.4, -0.2) is 31.2 Å². The van der Waals surface area contributed by atoms with Gasteiger partial charge in [0.1, 0.15) is 12.2 Å². The van der Waals surface area contributed by atoms with Crippen LogP contribution in [0.5, 0.6) is 0 Å². The summed E-state index contributed by atoms with van der Waals surface area (Å²) >= 11 is 0. The van der Waals surface area contributed by atoms with Gasteiger partial charge in [-0.25, -0.2) is 0 Å². The van der Waals surface area contributed by atoms with Gasteiger partial charge >= 0.3 is 0 Å². The number of ether oxygens (including phenoxy) is 2. The van der Waals surface area contributed by atoms with E-state index in [0.29, 0.717) is 6.42 Å². The minimum absolute atomic E-state index is 0.0129. The molecule has 2 aliphatic heterocycles. The maximum atomic E-state index is 11.2. The van der Waals surface area contributed by atoms with Crippen LogP contribution >= 0.6 is 0 Å². The highest BCUT2D eigenvalue weighted by molar-refractivity contribution is 5.86. The molecule has 1 fully saturated rings. The fourth-order valence-corrected chi connectivity index (χ4v) is 1.58. The summed E-state index contributed by atoms with van der Waals surface area (Å²) in [6.07, 6.45) is 3.81. The third-order valence-electron chi connectivity index (χ3n) is 2.12. The number of fused-ring (bicyclic) bond motifs is 2. The Kier molecular flexibility index (Phi) is 1.55. The van der Waals surface area contributed by atoms with Crippen molar-refractivity contribution in [2.75, 3.05) is 7.11 Å². The average Bonchev–Trinajstić information content (AvgIpc) is 2.34. The van der Waals surface area contributed by atoms with Crippen LogP contribution in [-0.2, 0) is 14.3 Å². The number of carbonyl (C=O) groups is 1. The summed E-state index contributed by atoms with van der Waals surface area (Å²) in [6.45, 7) is 0. The number of methoxy groups -OCH3 is 1. The predicted molar refractivity (Wildman–Crippen MR) is 38.2 cm³/mol. The van der Waals surface area contributed by atoms with Gasteiger partial charge in [0, 0.05) is 13.5 Å². The first-order valence-electron chi connectivity index (χ1n) is 3.70. The van der Waals surface area contributed by atoms with Crippen LogP contribution < -0.4 is 0 Å². The molecule has 0 spiro atoms. The smallest absolute Gasteiger partial charge is 0.167 e. The minimum atomic E-state index is -0.370. The molecule has 0 aromatic carbocycles. The summed E-state index contributed by atoms with van der Waals surface area (Å²) in [5, 5.41) is 0. The molecule has 0 N–H and O–H groups in total. The van der Waals surface area contributed by atoms with Crippen LogP contribution in [0.2, 0.25) is 0 Å². The zero-order valence-corrected chi connectivity index (χ0v) is 6.32. The standard InChI is InChI=1S/C8H10O3/c1-10-8-6(9)4-5-2-3-7(8)11-5/h2-3,5,7-8H,4H2,1H3. The van der Waals surface area contributed by atoms with Gasteiger partial charge in [-0.05, 0) is 0 Å². The molecule has 0 aromatic rings. The fraction of sp³-hybridized carbons (Fsp3) is 0.625. The molecule has 3 heteroatoms. The van der Waals surface area contributed by atoms with E-state index in [1.54, 1.807) is 7.11 Å². The lowest BCUT2D eigenvalue weighted by Crippen LogP contribution is -2.41. The quantitative estimate of drug-likeness (QED) is 0.509. The van der Waals surface area contributed by atoms with Gasteiger partial charge in [0.2, 0.25) is 0 Å². The van der Waals surface area contributed by atoms with Gasteiger partial charge in [-0.2, -0.15) is 0 Å². The van der Waals surface area contributed by atoms with Gasteiger partial charge < -0.3 is 9.47 Å². The maximum Gasteiger partial charge on any atom is 0.167 e. The van der Waals surface area contributed by atoms with Crippen molar-refractivity contribution in [3.05, 3.63) is 12.2 Å². The minimum Gasteiger partial charge on any atom is -0.371 e. The van der Waals surface area contributed by atoms with Crippen molar-refractivity contribution >= 4 is 5.78 Å². The molecule has 0 saturated carbocycles. The molecule has 3 atom stereocenters. The lowest BCUT2D eigenvalue weighted by Gasteiger charge is -2.26. The van der Waals surface area contributed by atoms with Crippen molar-refractivity contribution in [3.63, 3.8) is 0 Å². The molecular formula is C8H10O3. The van der Waals surface area contributed by atoms with E-state index in [2.05, 4.69) is 0 Å². The summed E-state index contributed by atoms with van der Waals surface area (Å²) in [5.41, 5.74) is 0. The molecule has 0 aliphatic carbocycles. The van der Waals surface area contributed by atoms with Crippen molar-refractivity contribution in [1.82, 2.24) is 0 Å². The van der Waals surface area contributed by atoms with Gasteiger partial charge in [-0.3, -0.25) is 4.79 Å². The van der Waals surface area contributed by atoms with E-state index in [1.807, 2.05) is 12.2 Å². The van der Waals surface area contributed by atoms with Crippen LogP contribution in [0.1, 0.15) is 6.42 Å². The number of Topliss-reactive ketones (excluding diaryl/α,β-unsaturated/α-hetero) is 1. The van der Waals surface area contributed by atoms with Gasteiger partial charge in [0.05, 0.1) is 6.10 Å². The van der Waals surface area contributed by atoms with E-state index >= 15 is 0 Å². The van der Waals surface area contributed by atoms with Gasteiger partial charge in [0.25, 0.3) is 0 Å². The molecule has 0 aromatic heterocycles. The molecule has 2 aliphatic rings. The van der Waals surface area contributed by atoms with Crippen LogP contribution in [0.15, 0.2) is 12.2 Å². The second kappa shape index (κ2) is 2.43. The van der Waals surface area contributed by atoms with Gasteiger partial charge in [-0.1, -0.05) is 12.2 Å². The summed E-state index contributed by atoms with van der Waals surface area (Å²) in [7, 11) is 1.54. The SMILES string of the molecule is COC1C(=O)CC2C=CC1O2. The summed E-state index contributed by atoms with van der Waals surface area (Å²) in [4.78, 5) is 11.2. The Balaban J connectivity index is 2.19. The molecule has 1 saturated heterocycles. The first kappa shape index (κ1) is 7.00. The molecule has 0 amide bonds. The second-order valence-electron chi connectivity index (χ2n) is 2.85. The Morgan fingerprint density at radius 2 is 2.45 bits per heavy atom. The molecule has 3 nitrogen and oxygen atoms in total. The normalized spacial score (nSPS) is 41.5. The summed E-state index contributed by atoms with van der Waals surface area (Å²) in [5.74, 6) is 0.152. The van der Waals surface area contributed by atoms with E-state index in [4.69, 9.17) is 9.47 Å². The zero-order chi connectivity index (χ0) is 7.84. The first-order chi connectivity index (χ1) is 5.31. The Bertz CT molecular complexity index is 209. The predicted octanol–water partition coefficient (Wildman–Crippen LogP) is 0.298. The molecule has 2 rings (SSSR count). The Morgan fingerprint density at radius 1 is 1.64 bits per heavy atom. The van der Waals surface area contributed by atoms with E-state index in [1.165, 1.54) is 0 Å². The lowest BCUT2D eigenvalue weighted by atomic mass is 10.0. The van der Waals surface area contributed by atoms with Crippen LogP contribution in [0.25, 0.3) is 0 Å². The molecule has 2 heterocycles. The summed E-state index contributed by atoms with van der Waals surface area (Å²) in [6, 6.07) is 0. The Labute approximate surface area is 65.0 Å². The number of hydrogen-bond acceptors (Lipinski definition) is 3. The maximum absolute atomic E-state index is 11.2. The molecule has 60 valence electrons. The summed E-state index contributed by atoms with van der Waals surface area (Å²) < 4.78 is 10.4. The zero-order valence-electron chi connectivity index (χ0n) is 6.32. The van der Waals surface area contributed by atoms with Crippen molar-refractivity contribution in [2.24, 2.45) is 0 Å². The van der Waals surface area contributed by atoms with Crippen molar-refractivity contribution in [3.8, 4) is 0 Å². The third-order valence-corrected chi connectivity index (χ3v) is 2.12. The van der Waals surface area contributed by atoms with Crippen LogP contribution in [0.3, 0.4) is 0 Å². The highest BCUT2D eigenvalue weighted by Gasteiger charge is 2.38. The second-order valence-corrected chi connectivity index (χ2v) is 2.85. The molecule has 0 radical (unpaired) electrons. The Hall–Kier alpha value is -0.670.